The fourth-order valence-electron chi connectivity index (χ4n) is 0.966. The molecule has 0 aliphatic carbocycles. The molecule has 4 heteroatoms. The van der Waals surface area contributed by atoms with Gasteiger partial charge < -0.3 is 0 Å². The zero-order valence-corrected chi connectivity index (χ0v) is 8.98. The van der Waals surface area contributed by atoms with Crippen LogP contribution < -0.4 is 0 Å². The van der Waals surface area contributed by atoms with Crippen LogP contribution >= 0.6 is 19.2 Å². The molecular formula is C7H19O2PS. The van der Waals surface area contributed by atoms with Gasteiger partial charge in [-0.3, -0.25) is 0 Å². The Balaban J connectivity index is 3.02. The number of rotatable bonds is 6. The minimum absolute atomic E-state index is 0.500. The van der Waals surface area contributed by atoms with E-state index in [1.54, 1.807) is 0 Å². The Kier molecular flexibility index (Phi) is 6.64. The van der Waals surface area contributed by atoms with Gasteiger partial charge in [-0.15, -0.1) is 0 Å². The predicted octanol–water partition coefficient (Wildman–Crippen LogP) is 2.37. The van der Waals surface area contributed by atoms with E-state index in [4.69, 9.17) is 9.79 Å². The average Bonchev–Trinajstić information content (AvgIpc) is 1.85. The van der Waals surface area contributed by atoms with Crippen LogP contribution in [0.1, 0.15) is 39.0 Å². The van der Waals surface area contributed by atoms with Gasteiger partial charge in [-0.05, 0) is 0 Å². The molecule has 0 rings (SSSR count). The third kappa shape index (κ3) is 10.7. The third-order valence-electron chi connectivity index (χ3n) is 1.62. The summed E-state index contributed by atoms with van der Waals surface area (Å²) in [5, 5.41) is 0. The van der Waals surface area contributed by atoms with Crippen molar-refractivity contribution in [3.63, 3.8) is 0 Å². The monoisotopic (exact) mass is 198 g/mol. The van der Waals surface area contributed by atoms with E-state index in [0.717, 1.165) is 12.8 Å². The van der Waals surface area contributed by atoms with Gasteiger partial charge in [0.25, 0.3) is 0 Å². The van der Waals surface area contributed by atoms with E-state index in [9.17, 15) is 0 Å². The second kappa shape index (κ2) is 6.24. The quantitative estimate of drug-likeness (QED) is 0.348. The predicted molar refractivity (Wildman–Crippen MR) is 55.4 cm³/mol. The fraction of sp³-hybridized carbons (Fsp3) is 1.00. The normalized spacial score (nSPS) is 13.5. The summed E-state index contributed by atoms with van der Waals surface area (Å²) in [6.07, 6.45) is 6.18. The van der Waals surface area contributed by atoms with E-state index < -0.39 is 6.92 Å². The van der Waals surface area contributed by atoms with Crippen LogP contribution in [0, 0.1) is 0 Å². The molecule has 0 aliphatic heterocycles. The van der Waals surface area contributed by atoms with Crippen molar-refractivity contribution in [3.8, 4) is 0 Å². The van der Waals surface area contributed by atoms with E-state index >= 15 is 0 Å². The molecule has 0 amide bonds. The maximum atomic E-state index is 8.93. The first-order chi connectivity index (χ1) is 5.06. The van der Waals surface area contributed by atoms with Crippen LogP contribution in [0.5, 0.6) is 0 Å². The summed E-state index contributed by atoms with van der Waals surface area (Å²) in [5.41, 5.74) is 0. The van der Waals surface area contributed by atoms with Crippen molar-refractivity contribution in [2.45, 2.75) is 39.0 Å². The third-order valence-corrected chi connectivity index (χ3v) is 3.31. The molecule has 0 saturated heterocycles. The molecule has 0 bridgehead atoms. The Morgan fingerprint density at radius 2 is 1.64 bits per heavy atom. The van der Waals surface area contributed by atoms with E-state index in [2.05, 4.69) is 19.2 Å². The molecule has 11 heavy (non-hydrogen) atoms. The molecule has 0 spiro atoms. The summed E-state index contributed by atoms with van der Waals surface area (Å²) >= 11 is 3.73. The number of hydrogen-bond donors (Lipinski definition) is 3. The summed E-state index contributed by atoms with van der Waals surface area (Å²) < 4.78 is 0. The average molecular weight is 198 g/mol. The molecule has 0 aliphatic rings. The van der Waals surface area contributed by atoms with Gasteiger partial charge >= 0.3 is 74.1 Å². The van der Waals surface area contributed by atoms with Crippen molar-refractivity contribution < 1.29 is 9.79 Å². The minimum atomic E-state index is -3.02. The first kappa shape index (κ1) is 11.7. The zero-order chi connectivity index (χ0) is 8.74. The molecule has 0 aromatic carbocycles. The van der Waals surface area contributed by atoms with Crippen LogP contribution in [0.3, 0.4) is 0 Å². The van der Waals surface area contributed by atoms with Crippen molar-refractivity contribution in [2.75, 3.05) is 6.16 Å². The van der Waals surface area contributed by atoms with Crippen LogP contribution in [0.2, 0.25) is 0 Å². The van der Waals surface area contributed by atoms with E-state index in [1.165, 1.54) is 19.3 Å². The fourth-order valence-corrected chi connectivity index (χ4v) is 2.16. The Morgan fingerprint density at radius 3 is 2.09 bits per heavy atom. The number of thiol groups is 1. The molecule has 2 nitrogen and oxygen atoms in total. The Labute approximate surface area is 74.7 Å². The van der Waals surface area contributed by atoms with Gasteiger partial charge in [-0.25, -0.2) is 0 Å². The standard InChI is InChI=1S/C7H19O2PS/c1-2-3-4-5-6-7-10(8,9)11/h8-11H,2-7H2,1H3. The molecule has 0 fully saturated rings. The molecule has 0 atom stereocenters. The molecule has 0 unspecified atom stereocenters. The molecule has 0 aromatic heterocycles. The van der Waals surface area contributed by atoms with Gasteiger partial charge in [-0.1, -0.05) is 0 Å². The van der Waals surface area contributed by atoms with Gasteiger partial charge in [0, 0.05) is 0 Å². The van der Waals surface area contributed by atoms with E-state index in [-0.39, 0.29) is 0 Å². The maximum absolute atomic E-state index is 8.93. The van der Waals surface area contributed by atoms with E-state index in [1.807, 2.05) is 0 Å². The van der Waals surface area contributed by atoms with Gasteiger partial charge in [0.1, 0.15) is 0 Å². The second-order valence-corrected chi connectivity index (χ2v) is 7.14. The zero-order valence-electron chi connectivity index (χ0n) is 7.08. The van der Waals surface area contributed by atoms with Crippen molar-refractivity contribution >= 4 is 19.2 Å². The van der Waals surface area contributed by atoms with Gasteiger partial charge in [0.15, 0.2) is 0 Å². The Bertz CT molecular complexity index is 92.9. The molecule has 0 radical (unpaired) electrons. The Hall–Kier alpha value is 0.700. The Morgan fingerprint density at radius 1 is 1.09 bits per heavy atom. The molecule has 0 saturated carbocycles. The van der Waals surface area contributed by atoms with Crippen molar-refractivity contribution in [1.82, 2.24) is 0 Å². The molecule has 70 valence electrons. The summed E-state index contributed by atoms with van der Waals surface area (Å²) in [7, 11) is 0. The van der Waals surface area contributed by atoms with Crippen LogP contribution in [-0.2, 0) is 0 Å². The summed E-state index contributed by atoms with van der Waals surface area (Å²) in [4.78, 5) is 17.9. The van der Waals surface area contributed by atoms with Crippen LogP contribution in [-0.4, -0.2) is 15.9 Å². The topological polar surface area (TPSA) is 40.5 Å². The first-order valence-corrected chi connectivity index (χ1v) is 7.62. The number of unbranched alkanes of at least 4 members (excludes halogenated alkanes) is 4. The first-order valence-electron chi connectivity index (χ1n) is 4.23. The summed E-state index contributed by atoms with van der Waals surface area (Å²) in [6.45, 7) is -0.861. The second-order valence-electron chi connectivity index (χ2n) is 2.94. The number of hydrogen-bond acceptors (Lipinski definition) is 3. The SMILES string of the molecule is CCCCCCC[PH](O)(O)S. The van der Waals surface area contributed by atoms with Gasteiger partial charge in [-0.2, -0.15) is 0 Å². The van der Waals surface area contributed by atoms with Gasteiger partial charge in [0.2, 0.25) is 0 Å². The van der Waals surface area contributed by atoms with Crippen LogP contribution in [0.25, 0.3) is 0 Å². The van der Waals surface area contributed by atoms with Crippen molar-refractivity contribution in [1.29, 1.82) is 0 Å². The molecular weight excluding hydrogens is 179 g/mol. The van der Waals surface area contributed by atoms with Gasteiger partial charge in [0.05, 0.1) is 0 Å². The molecule has 0 aromatic rings. The van der Waals surface area contributed by atoms with Crippen molar-refractivity contribution in [3.05, 3.63) is 0 Å². The molecule has 0 heterocycles. The van der Waals surface area contributed by atoms with E-state index in [0.29, 0.717) is 6.16 Å². The summed E-state index contributed by atoms with van der Waals surface area (Å²) in [6, 6.07) is 0. The van der Waals surface area contributed by atoms with Crippen LogP contribution in [0.4, 0.5) is 0 Å². The van der Waals surface area contributed by atoms with Crippen LogP contribution in [0.15, 0.2) is 0 Å². The molecule has 2 N–H and O–H groups in total. The van der Waals surface area contributed by atoms with Crippen molar-refractivity contribution in [2.24, 2.45) is 0 Å². The summed E-state index contributed by atoms with van der Waals surface area (Å²) in [5.74, 6) is 0.